The lowest BCUT2D eigenvalue weighted by Crippen LogP contribution is -2.32. The highest BCUT2D eigenvalue weighted by molar-refractivity contribution is 7.12. The molecule has 216 valence electrons. The van der Waals surface area contributed by atoms with Gasteiger partial charge in [-0.25, -0.2) is 9.78 Å². The van der Waals surface area contributed by atoms with E-state index in [1.165, 1.54) is 13.3 Å². The van der Waals surface area contributed by atoms with E-state index >= 15 is 0 Å². The molecule has 0 saturated carbocycles. The first kappa shape index (κ1) is 28.9. The summed E-state index contributed by atoms with van der Waals surface area (Å²) in [5.41, 5.74) is 5.33. The van der Waals surface area contributed by atoms with Crippen LogP contribution in [0.25, 0.3) is 16.7 Å². The Morgan fingerprint density at radius 1 is 1.02 bits per heavy atom. The van der Waals surface area contributed by atoms with Crippen molar-refractivity contribution in [3.63, 3.8) is 0 Å². The second-order valence-corrected chi connectivity index (χ2v) is 11.8. The lowest BCUT2D eigenvalue weighted by molar-refractivity contribution is -0.132. The van der Waals surface area contributed by atoms with Gasteiger partial charge in [0.15, 0.2) is 6.10 Å². The highest BCUT2D eigenvalue weighted by atomic mass is 32.1. The molecule has 2 aromatic carbocycles. The molecular formula is C33H32N2O6S. The molecule has 1 aliphatic heterocycles. The number of fused-ring (bicyclic) bond motifs is 1. The highest BCUT2D eigenvalue weighted by Crippen LogP contribution is 2.48. The van der Waals surface area contributed by atoms with Gasteiger partial charge in [0, 0.05) is 44.4 Å². The quantitative estimate of drug-likeness (QED) is 0.125. The molecule has 3 heterocycles. The van der Waals surface area contributed by atoms with E-state index in [-0.39, 0.29) is 17.0 Å². The predicted molar refractivity (Wildman–Crippen MR) is 164 cm³/mol. The predicted octanol–water partition coefficient (Wildman–Crippen LogP) is 7.22. The number of thiophene rings is 1. The SMILES string of the molecule is COc1cc(OC(=O)c2cccnc2OC)ccc1-c1ccc2c(c1C(OC=O)c1ccc(C)s1)C(C)=CC(C)(C)N2. The number of nitrogens with one attached hydrogen (secondary N) is 1. The number of aryl methyl sites for hydroxylation is 1. The van der Waals surface area contributed by atoms with Crippen molar-refractivity contribution in [1.82, 2.24) is 4.98 Å². The fourth-order valence-corrected chi connectivity index (χ4v) is 6.33. The summed E-state index contributed by atoms with van der Waals surface area (Å²) >= 11 is 1.58. The molecule has 5 rings (SSSR count). The van der Waals surface area contributed by atoms with Gasteiger partial charge in [0.25, 0.3) is 6.47 Å². The molecule has 1 unspecified atom stereocenters. The Morgan fingerprint density at radius 3 is 2.50 bits per heavy atom. The van der Waals surface area contributed by atoms with Gasteiger partial charge in [0.1, 0.15) is 17.1 Å². The summed E-state index contributed by atoms with van der Waals surface area (Å²) in [5.74, 6) is 0.346. The van der Waals surface area contributed by atoms with Gasteiger partial charge in [0.05, 0.1) is 19.8 Å². The summed E-state index contributed by atoms with van der Waals surface area (Å²) in [7, 11) is 3.00. The molecule has 42 heavy (non-hydrogen) atoms. The third kappa shape index (κ3) is 5.60. The Kier molecular flexibility index (Phi) is 8.04. The third-order valence-corrected chi connectivity index (χ3v) is 8.05. The van der Waals surface area contributed by atoms with Crippen LogP contribution in [0.3, 0.4) is 0 Å². The molecule has 0 fully saturated rings. The summed E-state index contributed by atoms with van der Waals surface area (Å²) in [4.78, 5) is 30.9. The molecule has 0 bridgehead atoms. The van der Waals surface area contributed by atoms with Gasteiger partial charge in [0.2, 0.25) is 5.88 Å². The van der Waals surface area contributed by atoms with Crippen LogP contribution in [0.2, 0.25) is 0 Å². The minimum absolute atomic E-state index is 0.176. The normalized spacial score (nSPS) is 14.1. The van der Waals surface area contributed by atoms with Crippen molar-refractivity contribution in [2.24, 2.45) is 0 Å². The number of methoxy groups -OCH3 is 2. The van der Waals surface area contributed by atoms with Crippen molar-refractivity contribution in [2.75, 3.05) is 19.5 Å². The fourth-order valence-electron chi connectivity index (χ4n) is 5.41. The average molecular weight is 585 g/mol. The van der Waals surface area contributed by atoms with E-state index in [1.807, 2.05) is 37.3 Å². The Balaban J connectivity index is 1.65. The zero-order valence-corrected chi connectivity index (χ0v) is 25.1. The molecule has 0 spiro atoms. The summed E-state index contributed by atoms with van der Waals surface area (Å²) in [6, 6.07) is 16.5. The molecule has 2 aromatic heterocycles. The number of ether oxygens (including phenoxy) is 4. The lowest BCUT2D eigenvalue weighted by atomic mass is 9.82. The van der Waals surface area contributed by atoms with Crippen LogP contribution in [-0.4, -0.2) is 37.2 Å². The first-order chi connectivity index (χ1) is 20.2. The van der Waals surface area contributed by atoms with Crippen molar-refractivity contribution >= 4 is 35.0 Å². The lowest BCUT2D eigenvalue weighted by Gasteiger charge is -2.34. The number of aromatic nitrogens is 1. The highest BCUT2D eigenvalue weighted by Gasteiger charge is 2.32. The second kappa shape index (κ2) is 11.7. The van der Waals surface area contributed by atoms with Crippen molar-refractivity contribution < 1.29 is 28.5 Å². The van der Waals surface area contributed by atoms with Gasteiger partial charge in [-0.15, -0.1) is 11.3 Å². The summed E-state index contributed by atoms with van der Waals surface area (Å²) < 4.78 is 22.5. The van der Waals surface area contributed by atoms with Crippen LogP contribution in [0.4, 0.5) is 5.69 Å². The Bertz CT molecular complexity index is 1690. The number of nitrogens with zero attached hydrogens (tertiary/aromatic N) is 1. The monoisotopic (exact) mass is 584 g/mol. The maximum atomic E-state index is 12.9. The van der Waals surface area contributed by atoms with Gasteiger partial charge in [-0.2, -0.15) is 0 Å². The average Bonchev–Trinajstić information content (AvgIpc) is 3.40. The minimum Gasteiger partial charge on any atom is -0.496 e. The number of allylic oxidation sites excluding steroid dienone is 1. The number of hydrogen-bond acceptors (Lipinski definition) is 9. The topological polar surface area (TPSA) is 96.0 Å². The van der Waals surface area contributed by atoms with E-state index in [9.17, 15) is 9.59 Å². The molecule has 1 N–H and O–H groups in total. The minimum atomic E-state index is -0.655. The van der Waals surface area contributed by atoms with Crippen molar-refractivity contribution in [2.45, 2.75) is 39.3 Å². The second-order valence-electron chi connectivity index (χ2n) is 10.5. The largest absolute Gasteiger partial charge is 0.496 e. The van der Waals surface area contributed by atoms with Crippen molar-refractivity contribution in [1.29, 1.82) is 0 Å². The van der Waals surface area contributed by atoms with Gasteiger partial charge < -0.3 is 24.3 Å². The van der Waals surface area contributed by atoms with E-state index in [0.717, 1.165) is 43.3 Å². The number of benzene rings is 2. The molecule has 1 aliphatic rings. The molecule has 0 aliphatic carbocycles. The molecule has 4 aromatic rings. The van der Waals surface area contributed by atoms with E-state index < -0.39 is 12.1 Å². The van der Waals surface area contributed by atoms with Crippen LogP contribution in [0, 0.1) is 6.92 Å². The summed E-state index contributed by atoms with van der Waals surface area (Å²) in [6.45, 7) is 8.80. The summed E-state index contributed by atoms with van der Waals surface area (Å²) in [6.07, 6.45) is 3.06. The van der Waals surface area contributed by atoms with Crippen molar-refractivity contribution in [3.8, 4) is 28.5 Å². The molecule has 9 heteroatoms. The Labute approximate surface area is 248 Å². The van der Waals surface area contributed by atoms with Gasteiger partial charge >= 0.3 is 5.97 Å². The van der Waals surface area contributed by atoms with Crippen LogP contribution in [0.5, 0.6) is 17.4 Å². The van der Waals surface area contributed by atoms with E-state index in [2.05, 4.69) is 37.1 Å². The van der Waals surface area contributed by atoms with Crippen LogP contribution in [0.1, 0.15) is 58.1 Å². The van der Waals surface area contributed by atoms with Crippen LogP contribution < -0.4 is 19.5 Å². The molecule has 8 nitrogen and oxygen atoms in total. The summed E-state index contributed by atoms with van der Waals surface area (Å²) in [5, 5.41) is 3.60. The van der Waals surface area contributed by atoms with Crippen LogP contribution in [0.15, 0.2) is 66.9 Å². The zero-order valence-electron chi connectivity index (χ0n) is 24.3. The molecule has 0 radical (unpaired) electrons. The number of rotatable bonds is 9. The zero-order chi connectivity index (χ0) is 30.0. The fraction of sp³-hybridized carbons (Fsp3) is 0.242. The first-order valence-electron chi connectivity index (χ1n) is 13.4. The third-order valence-electron chi connectivity index (χ3n) is 7.01. The maximum absolute atomic E-state index is 12.9. The Morgan fingerprint density at radius 2 is 1.81 bits per heavy atom. The molecular weight excluding hydrogens is 552 g/mol. The van der Waals surface area contributed by atoms with Gasteiger partial charge in [-0.3, -0.25) is 4.79 Å². The number of anilines is 1. The molecule has 0 amide bonds. The number of carbonyl (C=O) groups excluding carboxylic acids is 2. The van der Waals surface area contributed by atoms with E-state index in [1.54, 1.807) is 42.7 Å². The number of carbonyl (C=O) groups is 2. The first-order valence-corrected chi connectivity index (χ1v) is 14.2. The van der Waals surface area contributed by atoms with E-state index in [4.69, 9.17) is 18.9 Å². The molecule has 0 saturated heterocycles. The maximum Gasteiger partial charge on any atom is 0.349 e. The number of hydrogen-bond donors (Lipinski definition) is 1. The van der Waals surface area contributed by atoms with Gasteiger partial charge in [-0.1, -0.05) is 12.1 Å². The van der Waals surface area contributed by atoms with Gasteiger partial charge in [-0.05, 0) is 81.3 Å². The standard InChI is InChI=1S/C33H32N2O6S/c1-19-17-33(3,4)35-25-13-12-23(29(28(19)25)30(40-18-36)27-14-9-20(2)42-27)22-11-10-21(16-26(22)38-5)41-32(37)24-8-7-15-34-31(24)39-6/h7-18,30,35H,1-6H3. The molecule has 1 atom stereocenters. The number of esters is 1. The van der Waals surface area contributed by atoms with Crippen LogP contribution >= 0.6 is 11.3 Å². The van der Waals surface area contributed by atoms with Crippen molar-refractivity contribution in [3.05, 3.63) is 93.3 Å². The Hall–Kier alpha value is -4.63. The number of pyridine rings is 1. The van der Waals surface area contributed by atoms with E-state index in [0.29, 0.717) is 18.0 Å². The smallest absolute Gasteiger partial charge is 0.349 e. The van der Waals surface area contributed by atoms with Crippen LogP contribution in [-0.2, 0) is 9.53 Å².